The smallest absolute Gasteiger partial charge is 0.0105 e. The molecule has 1 aliphatic rings. The van der Waals surface area contributed by atoms with Crippen molar-refractivity contribution >= 4 is 0 Å². The summed E-state index contributed by atoms with van der Waals surface area (Å²) in [5, 5.41) is 3.56. The Morgan fingerprint density at radius 2 is 1.89 bits per heavy atom. The summed E-state index contributed by atoms with van der Waals surface area (Å²) in [7, 11) is 4.46. The van der Waals surface area contributed by atoms with E-state index in [9.17, 15) is 0 Å². The minimum atomic E-state index is 0.752. The molecule has 3 atom stereocenters. The molecule has 0 aliphatic heterocycles. The van der Waals surface area contributed by atoms with E-state index in [1.54, 1.807) is 0 Å². The molecule has 0 amide bonds. The molecule has 0 aromatic rings. The molecule has 1 saturated carbocycles. The minimum Gasteiger partial charge on any atom is -0.317 e. The first kappa shape index (κ1) is 17.0. The van der Waals surface area contributed by atoms with Crippen LogP contribution in [0.3, 0.4) is 0 Å². The van der Waals surface area contributed by atoms with Gasteiger partial charge in [0.1, 0.15) is 0 Å². The molecule has 1 aliphatic carbocycles. The quantitative estimate of drug-likeness (QED) is 0.638. The number of rotatable bonds is 9. The van der Waals surface area contributed by atoms with Gasteiger partial charge in [-0.25, -0.2) is 0 Å². The van der Waals surface area contributed by atoms with Crippen molar-refractivity contribution in [2.24, 2.45) is 11.8 Å². The van der Waals surface area contributed by atoms with Gasteiger partial charge < -0.3 is 10.2 Å². The molecule has 1 fully saturated rings. The van der Waals surface area contributed by atoms with Gasteiger partial charge in [-0.15, -0.1) is 0 Å². The zero-order valence-corrected chi connectivity index (χ0v) is 13.8. The zero-order valence-electron chi connectivity index (χ0n) is 13.8. The molecule has 0 saturated heterocycles. The number of hydrogen-bond donors (Lipinski definition) is 1. The Kier molecular flexibility index (Phi) is 8.72. The Hall–Kier alpha value is -0.0800. The summed E-state index contributed by atoms with van der Waals surface area (Å²) in [6.07, 6.45) is 11.1. The topological polar surface area (TPSA) is 15.3 Å². The predicted molar refractivity (Wildman–Crippen MR) is 85.6 cm³/mol. The van der Waals surface area contributed by atoms with E-state index < -0.39 is 0 Å². The molecule has 0 bridgehead atoms. The summed E-state index contributed by atoms with van der Waals surface area (Å²) >= 11 is 0. The summed E-state index contributed by atoms with van der Waals surface area (Å²) in [5.41, 5.74) is 0. The number of unbranched alkanes of at least 4 members (excludes halogenated alkanes) is 2. The molecule has 0 aromatic carbocycles. The van der Waals surface area contributed by atoms with Gasteiger partial charge in [-0.3, -0.25) is 0 Å². The molecular weight excluding hydrogens is 232 g/mol. The predicted octanol–water partition coefficient (Wildman–Crippen LogP) is 3.91. The average Bonchev–Trinajstić information content (AvgIpc) is 2.40. The van der Waals surface area contributed by atoms with Crippen molar-refractivity contribution < 1.29 is 0 Å². The van der Waals surface area contributed by atoms with Crippen LogP contribution in [0.1, 0.15) is 65.2 Å². The van der Waals surface area contributed by atoms with Gasteiger partial charge in [0.25, 0.3) is 0 Å². The molecule has 0 radical (unpaired) electrons. The van der Waals surface area contributed by atoms with Crippen LogP contribution in [0, 0.1) is 11.8 Å². The van der Waals surface area contributed by atoms with E-state index in [1.165, 1.54) is 64.5 Å². The second-order valence-electron chi connectivity index (χ2n) is 6.59. The molecular formula is C17H36N2. The maximum absolute atomic E-state index is 3.56. The van der Waals surface area contributed by atoms with Crippen molar-refractivity contribution in [1.82, 2.24) is 10.2 Å². The lowest BCUT2D eigenvalue weighted by atomic mass is 9.76. The van der Waals surface area contributed by atoms with Gasteiger partial charge in [-0.1, -0.05) is 39.5 Å². The first-order valence-electron chi connectivity index (χ1n) is 8.57. The monoisotopic (exact) mass is 268 g/mol. The molecule has 19 heavy (non-hydrogen) atoms. The highest BCUT2D eigenvalue weighted by Crippen LogP contribution is 2.32. The third-order valence-corrected chi connectivity index (χ3v) is 4.85. The van der Waals surface area contributed by atoms with Crippen LogP contribution < -0.4 is 5.32 Å². The molecule has 0 aromatic heterocycles. The van der Waals surface area contributed by atoms with E-state index >= 15 is 0 Å². The maximum atomic E-state index is 3.56. The fourth-order valence-electron chi connectivity index (χ4n) is 3.74. The Bertz CT molecular complexity index is 217. The molecule has 1 N–H and O–H groups in total. The van der Waals surface area contributed by atoms with E-state index in [2.05, 4.69) is 38.2 Å². The van der Waals surface area contributed by atoms with Gasteiger partial charge >= 0.3 is 0 Å². The van der Waals surface area contributed by atoms with Crippen molar-refractivity contribution in [2.45, 2.75) is 71.3 Å². The van der Waals surface area contributed by atoms with E-state index in [0.717, 1.165) is 17.9 Å². The molecule has 3 unspecified atom stereocenters. The highest BCUT2D eigenvalue weighted by Gasteiger charge is 2.29. The van der Waals surface area contributed by atoms with Crippen LogP contribution in [0.2, 0.25) is 0 Å². The lowest BCUT2D eigenvalue weighted by Crippen LogP contribution is -2.44. The Morgan fingerprint density at radius 3 is 2.53 bits per heavy atom. The third-order valence-electron chi connectivity index (χ3n) is 4.85. The Morgan fingerprint density at radius 1 is 1.11 bits per heavy atom. The van der Waals surface area contributed by atoms with Gasteiger partial charge in [-0.05, 0) is 58.2 Å². The van der Waals surface area contributed by atoms with Crippen molar-refractivity contribution in [3.8, 4) is 0 Å². The average molecular weight is 268 g/mol. The fourth-order valence-corrected chi connectivity index (χ4v) is 3.74. The van der Waals surface area contributed by atoms with Crippen LogP contribution in [-0.4, -0.2) is 38.1 Å². The Labute approximate surface area is 121 Å². The van der Waals surface area contributed by atoms with Gasteiger partial charge in [0.2, 0.25) is 0 Å². The van der Waals surface area contributed by atoms with Gasteiger partial charge in [0, 0.05) is 12.6 Å². The van der Waals surface area contributed by atoms with Gasteiger partial charge in [0.15, 0.2) is 0 Å². The first-order chi connectivity index (χ1) is 9.21. The summed E-state index contributed by atoms with van der Waals surface area (Å²) in [4.78, 5) is 2.57. The number of nitrogens with zero attached hydrogens (tertiary/aromatic N) is 1. The van der Waals surface area contributed by atoms with Crippen molar-refractivity contribution in [3.63, 3.8) is 0 Å². The second kappa shape index (κ2) is 9.77. The fraction of sp³-hybridized carbons (Fsp3) is 1.00. The SMILES string of the molecule is CCCCCN(C)CC1CC(CCC)CCC1NC. The summed E-state index contributed by atoms with van der Waals surface area (Å²) < 4.78 is 0. The van der Waals surface area contributed by atoms with Crippen molar-refractivity contribution in [2.75, 3.05) is 27.2 Å². The molecule has 2 nitrogen and oxygen atoms in total. The van der Waals surface area contributed by atoms with E-state index in [4.69, 9.17) is 0 Å². The molecule has 114 valence electrons. The van der Waals surface area contributed by atoms with Crippen LogP contribution in [0.5, 0.6) is 0 Å². The van der Waals surface area contributed by atoms with Gasteiger partial charge in [-0.2, -0.15) is 0 Å². The normalized spacial score (nSPS) is 27.9. The van der Waals surface area contributed by atoms with Gasteiger partial charge in [0.05, 0.1) is 0 Å². The van der Waals surface area contributed by atoms with E-state index in [0.29, 0.717) is 0 Å². The lowest BCUT2D eigenvalue weighted by molar-refractivity contribution is 0.153. The molecule has 2 heteroatoms. The number of nitrogens with one attached hydrogen (secondary N) is 1. The van der Waals surface area contributed by atoms with Crippen LogP contribution in [-0.2, 0) is 0 Å². The largest absolute Gasteiger partial charge is 0.317 e. The summed E-state index contributed by atoms with van der Waals surface area (Å²) in [6, 6.07) is 0.752. The van der Waals surface area contributed by atoms with Crippen LogP contribution in [0.15, 0.2) is 0 Å². The second-order valence-corrected chi connectivity index (χ2v) is 6.59. The molecule has 0 spiro atoms. The highest BCUT2D eigenvalue weighted by atomic mass is 15.1. The van der Waals surface area contributed by atoms with Crippen molar-refractivity contribution in [1.29, 1.82) is 0 Å². The standard InChI is InChI=1S/C17H36N2/c1-5-7-8-12-19(4)14-16-13-15(9-6-2)10-11-17(16)18-3/h15-18H,5-14H2,1-4H3. The first-order valence-corrected chi connectivity index (χ1v) is 8.57. The number of hydrogen-bond acceptors (Lipinski definition) is 2. The lowest BCUT2D eigenvalue weighted by Gasteiger charge is -2.38. The maximum Gasteiger partial charge on any atom is 0.0105 e. The van der Waals surface area contributed by atoms with Crippen LogP contribution >= 0.6 is 0 Å². The summed E-state index contributed by atoms with van der Waals surface area (Å²) in [6.45, 7) is 7.18. The minimum absolute atomic E-state index is 0.752. The third kappa shape index (κ3) is 6.27. The van der Waals surface area contributed by atoms with E-state index in [-0.39, 0.29) is 0 Å². The highest BCUT2D eigenvalue weighted by molar-refractivity contribution is 4.85. The van der Waals surface area contributed by atoms with E-state index in [1.807, 2.05) is 0 Å². The van der Waals surface area contributed by atoms with Crippen LogP contribution in [0.25, 0.3) is 0 Å². The molecule has 1 rings (SSSR count). The zero-order chi connectivity index (χ0) is 14.1. The Balaban J connectivity index is 2.37. The van der Waals surface area contributed by atoms with Crippen LogP contribution in [0.4, 0.5) is 0 Å². The molecule has 0 heterocycles. The van der Waals surface area contributed by atoms with Crippen molar-refractivity contribution in [3.05, 3.63) is 0 Å². The summed E-state index contributed by atoms with van der Waals surface area (Å²) in [5.74, 6) is 1.85.